The van der Waals surface area contributed by atoms with Gasteiger partial charge in [-0.05, 0) is 38.1 Å². The third-order valence-corrected chi connectivity index (χ3v) is 3.53. The van der Waals surface area contributed by atoms with Crippen LogP contribution in [0.3, 0.4) is 0 Å². The molecule has 2 aromatic carbocycles. The average Bonchev–Trinajstić information content (AvgIpc) is 2.75. The Hall–Kier alpha value is -2.62. The first-order valence-electron chi connectivity index (χ1n) is 6.85. The minimum absolute atomic E-state index is 0.0955. The minimum atomic E-state index is -0.204. The predicted molar refractivity (Wildman–Crippen MR) is 81.9 cm³/mol. The van der Waals surface area contributed by atoms with Gasteiger partial charge in [0, 0.05) is 0 Å². The van der Waals surface area contributed by atoms with E-state index in [1.165, 1.54) is 10.0 Å². The molecule has 4 nitrogen and oxygen atoms in total. The van der Waals surface area contributed by atoms with Crippen LogP contribution in [-0.4, -0.2) is 11.8 Å². The summed E-state index contributed by atoms with van der Waals surface area (Å²) in [5, 5.41) is 2.90. The number of hydrazine groups is 1. The summed E-state index contributed by atoms with van der Waals surface area (Å²) in [7, 11) is 0. The van der Waals surface area contributed by atoms with E-state index in [-0.39, 0.29) is 18.2 Å². The average molecular weight is 280 g/mol. The smallest absolute Gasteiger partial charge is 0.255 e. The molecule has 0 bridgehead atoms. The second kappa shape index (κ2) is 5.05. The van der Waals surface area contributed by atoms with E-state index in [4.69, 9.17) is 0 Å². The summed E-state index contributed by atoms with van der Waals surface area (Å²) in [6.45, 7) is 3.97. The minimum Gasteiger partial charge on any atom is -0.272 e. The fourth-order valence-electron chi connectivity index (χ4n) is 2.39. The van der Waals surface area contributed by atoms with Crippen LogP contribution in [0.1, 0.15) is 17.5 Å². The lowest BCUT2D eigenvalue weighted by molar-refractivity contribution is -0.121. The zero-order chi connectivity index (χ0) is 15.0. The summed E-state index contributed by atoms with van der Waals surface area (Å²) < 4.78 is 0. The quantitative estimate of drug-likeness (QED) is 0.793. The summed E-state index contributed by atoms with van der Waals surface area (Å²) in [6, 6.07) is 15.1. The van der Waals surface area contributed by atoms with E-state index in [9.17, 15) is 9.59 Å². The Kier molecular flexibility index (Phi) is 3.22. The van der Waals surface area contributed by atoms with Crippen LogP contribution < -0.4 is 10.0 Å². The van der Waals surface area contributed by atoms with Gasteiger partial charge in [0.05, 0.1) is 11.4 Å². The lowest BCUT2D eigenvalue weighted by Gasteiger charge is -2.28. The Balaban J connectivity index is 2.03. The van der Waals surface area contributed by atoms with Gasteiger partial charge in [0.25, 0.3) is 11.8 Å². The second-order valence-corrected chi connectivity index (χ2v) is 5.26. The Morgan fingerprint density at radius 3 is 1.33 bits per heavy atom. The molecule has 2 amide bonds. The summed E-state index contributed by atoms with van der Waals surface area (Å²) >= 11 is 0. The van der Waals surface area contributed by atoms with Crippen molar-refractivity contribution >= 4 is 23.2 Å². The molecule has 2 aromatic rings. The third kappa shape index (κ3) is 2.40. The van der Waals surface area contributed by atoms with E-state index in [2.05, 4.69) is 0 Å². The standard InChI is InChI=1S/C17H16N2O2/c1-12-3-7-14(8-4-12)18-16(20)11-17(21)19(18)15-9-5-13(2)6-10-15/h3-10H,11H2,1-2H3. The molecular weight excluding hydrogens is 264 g/mol. The van der Waals surface area contributed by atoms with Gasteiger partial charge < -0.3 is 0 Å². The molecule has 3 rings (SSSR count). The number of benzene rings is 2. The highest BCUT2D eigenvalue weighted by Crippen LogP contribution is 2.29. The highest BCUT2D eigenvalue weighted by atomic mass is 16.2. The van der Waals surface area contributed by atoms with Gasteiger partial charge in [-0.1, -0.05) is 35.4 Å². The summed E-state index contributed by atoms with van der Waals surface area (Å²) in [4.78, 5) is 24.4. The van der Waals surface area contributed by atoms with Gasteiger partial charge in [0.2, 0.25) is 0 Å². The monoisotopic (exact) mass is 280 g/mol. The predicted octanol–water partition coefficient (Wildman–Crippen LogP) is 2.99. The number of rotatable bonds is 2. The molecule has 1 saturated heterocycles. The van der Waals surface area contributed by atoms with E-state index in [0.29, 0.717) is 11.4 Å². The maximum absolute atomic E-state index is 12.2. The molecule has 1 heterocycles. The molecule has 0 atom stereocenters. The van der Waals surface area contributed by atoms with Gasteiger partial charge >= 0.3 is 0 Å². The van der Waals surface area contributed by atoms with Gasteiger partial charge in [0.1, 0.15) is 6.42 Å². The zero-order valence-corrected chi connectivity index (χ0v) is 12.0. The lowest BCUT2D eigenvalue weighted by atomic mass is 10.2. The molecule has 1 fully saturated rings. The molecule has 1 aliphatic heterocycles. The van der Waals surface area contributed by atoms with E-state index in [1.54, 1.807) is 0 Å². The number of carbonyl (C=O) groups is 2. The number of anilines is 2. The molecule has 106 valence electrons. The van der Waals surface area contributed by atoms with Gasteiger partial charge in [-0.25, -0.2) is 10.0 Å². The first kappa shape index (κ1) is 13.4. The summed E-state index contributed by atoms with van der Waals surface area (Å²) in [5.74, 6) is -0.408. The van der Waals surface area contributed by atoms with Crippen molar-refractivity contribution in [3.63, 3.8) is 0 Å². The highest BCUT2D eigenvalue weighted by molar-refractivity contribution is 6.20. The largest absolute Gasteiger partial charge is 0.272 e. The van der Waals surface area contributed by atoms with Crippen LogP contribution >= 0.6 is 0 Å². The molecule has 0 spiro atoms. The molecule has 0 saturated carbocycles. The van der Waals surface area contributed by atoms with E-state index < -0.39 is 0 Å². The Morgan fingerprint density at radius 2 is 1.00 bits per heavy atom. The number of aryl methyl sites for hydroxylation is 2. The molecule has 21 heavy (non-hydrogen) atoms. The van der Waals surface area contributed by atoms with Crippen LogP contribution in [0.2, 0.25) is 0 Å². The Labute approximate surface area is 123 Å². The lowest BCUT2D eigenvalue weighted by Crippen LogP contribution is -2.41. The number of hydrogen-bond donors (Lipinski definition) is 0. The SMILES string of the molecule is Cc1ccc(N2C(=O)CC(=O)N2c2ccc(C)cc2)cc1. The number of carbonyl (C=O) groups excluding carboxylic acids is 2. The van der Waals surface area contributed by atoms with Gasteiger partial charge in [-0.3, -0.25) is 9.59 Å². The van der Waals surface area contributed by atoms with Crippen molar-refractivity contribution in [3.05, 3.63) is 59.7 Å². The molecule has 4 heteroatoms. The van der Waals surface area contributed by atoms with Crippen molar-refractivity contribution in [2.75, 3.05) is 10.0 Å². The van der Waals surface area contributed by atoms with Gasteiger partial charge in [0.15, 0.2) is 0 Å². The maximum Gasteiger partial charge on any atom is 0.255 e. The number of hydrogen-bond acceptors (Lipinski definition) is 2. The Bertz CT molecular complexity index is 628. The normalized spacial score (nSPS) is 15.0. The molecule has 0 unspecified atom stereocenters. The fourth-order valence-corrected chi connectivity index (χ4v) is 2.39. The molecule has 0 aromatic heterocycles. The molecule has 0 N–H and O–H groups in total. The first-order chi connectivity index (χ1) is 10.1. The fraction of sp³-hybridized carbons (Fsp3) is 0.176. The van der Waals surface area contributed by atoms with Gasteiger partial charge in [-0.15, -0.1) is 0 Å². The van der Waals surface area contributed by atoms with Crippen LogP contribution in [0.4, 0.5) is 11.4 Å². The van der Waals surface area contributed by atoms with Crippen LogP contribution in [0.5, 0.6) is 0 Å². The van der Waals surface area contributed by atoms with Crippen molar-refractivity contribution in [2.24, 2.45) is 0 Å². The van der Waals surface area contributed by atoms with Crippen molar-refractivity contribution < 1.29 is 9.59 Å². The van der Waals surface area contributed by atoms with Crippen LogP contribution in [-0.2, 0) is 9.59 Å². The Morgan fingerprint density at radius 1 is 0.667 bits per heavy atom. The van der Waals surface area contributed by atoms with Crippen molar-refractivity contribution in [3.8, 4) is 0 Å². The van der Waals surface area contributed by atoms with Crippen LogP contribution in [0.15, 0.2) is 48.5 Å². The van der Waals surface area contributed by atoms with Crippen LogP contribution in [0, 0.1) is 13.8 Å². The second-order valence-electron chi connectivity index (χ2n) is 5.26. The number of amides is 2. The van der Waals surface area contributed by atoms with Crippen LogP contribution in [0.25, 0.3) is 0 Å². The molecule has 0 radical (unpaired) electrons. The van der Waals surface area contributed by atoms with E-state index in [0.717, 1.165) is 11.1 Å². The summed E-state index contributed by atoms with van der Waals surface area (Å²) in [6.07, 6.45) is -0.0955. The van der Waals surface area contributed by atoms with E-state index >= 15 is 0 Å². The van der Waals surface area contributed by atoms with Crippen molar-refractivity contribution in [2.45, 2.75) is 20.3 Å². The first-order valence-corrected chi connectivity index (χ1v) is 6.85. The van der Waals surface area contributed by atoms with Gasteiger partial charge in [-0.2, -0.15) is 0 Å². The topological polar surface area (TPSA) is 40.6 Å². The maximum atomic E-state index is 12.2. The molecule has 1 aliphatic rings. The molecular formula is C17H16N2O2. The molecule has 0 aliphatic carbocycles. The third-order valence-electron chi connectivity index (χ3n) is 3.53. The van der Waals surface area contributed by atoms with Crippen molar-refractivity contribution in [1.82, 2.24) is 0 Å². The number of nitrogens with zero attached hydrogens (tertiary/aromatic N) is 2. The van der Waals surface area contributed by atoms with Crippen molar-refractivity contribution in [1.29, 1.82) is 0 Å². The van der Waals surface area contributed by atoms with E-state index in [1.807, 2.05) is 62.4 Å². The zero-order valence-electron chi connectivity index (χ0n) is 12.0. The highest BCUT2D eigenvalue weighted by Gasteiger charge is 2.37. The summed E-state index contributed by atoms with van der Waals surface area (Å²) in [5.41, 5.74) is 3.63.